The molecule has 0 fully saturated rings. The molecule has 0 saturated carbocycles. The maximum absolute atomic E-state index is 11.1. The van der Waals surface area contributed by atoms with Gasteiger partial charge in [-0.1, -0.05) is 30.3 Å². The van der Waals surface area contributed by atoms with Crippen LogP contribution in [0.25, 0.3) is 5.57 Å². The van der Waals surface area contributed by atoms with Gasteiger partial charge in [0.25, 0.3) is 0 Å². The van der Waals surface area contributed by atoms with Crippen molar-refractivity contribution in [3.8, 4) is 0 Å². The summed E-state index contributed by atoms with van der Waals surface area (Å²) in [6.45, 7) is 0. The van der Waals surface area contributed by atoms with E-state index in [9.17, 15) is 8.42 Å². The van der Waals surface area contributed by atoms with E-state index >= 15 is 0 Å². The van der Waals surface area contributed by atoms with Gasteiger partial charge in [0, 0.05) is 0 Å². The molecule has 0 amide bonds. The average molecular weight is 208 g/mol. The molecule has 0 aliphatic carbocycles. The van der Waals surface area contributed by atoms with Gasteiger partial charge in [-0.15, -0.1) is 0 Å². The van der Waals surface area contributed by atoms with Crippen LogP contribution in [0, 0.1) is 0 Å². The van der Waals surface area contributed by atoms with Crippen molar-refractivity contribution in [1.29, 1.82) is 0 Å². The van der Waals surface area contributed by atoms with E-state index in [1.54, 1.807) is 6.08 Å². The van der Waals surface area contributed by atoms with Gasteiger partial charge in [0.05, 0.1) is 5.41 Å². The lowest BCUT2D eigenvalue weighted by Crippen LogP contribution is -2.01. The van der Waals surface area contributed by atoms with Crippen molar-refractivity contribution >= 4 is 15.7 Å². The molecule has 0 N–H and O–H groups in total. The first-order valence-corrected chi connectivity index (χ1v) is 5.51. The summed E-state index contributed by atoms with van der Waals surface area (Å²) in [5.41, 5.74) is 1.49. The van der Waals surface area contributed by atoms with Crippen molar-refractivity contribution in [1.82, 2.24) is 0 Å². The molecule has 1 aromatic carbocycles. The molecule has 1 aliphatic rings. The lowest BCUT2D eigenvalue weighted by Gasteiger charge is -2.07. The fraction of sp³-hybridized carbons (Fsp3) is 0. The van der Waals surface area contributed by atoms with E-state index in [-0.39, 0.29) is 0 Å². The summed E-state index contributed by atoms with van der Waals surface area (Å²) in [6, 6.07) is 9.27. The molecule has 3 nitrogen and oxygen atoms in total. The molecule has 0 aromatic heterocycles. The normalized spacial score (nSPS) is 18.4. The zero-order valence-corrected chi connectivity index (χ0v) is 8.07. The first-order valence-electron chi connectivity index (χ1n) is 4.04. The van der Waals surface area contributed by atoms with Crippen molar-refractivity contribution in [3.05, 3.63) is 53.6 Å². The molecule has 72 valence electrons. The van der Waals surface area contributed by atoms with Crippen LogP contribution in [0.1, 0.15) is 5.56 Å². The molecule has 0 bridgehead atoms. The molecule has 1 aromatic rings. The van der Waals surface area contributed by atoms with Crippen LogP contribution in [0.5, 0.6) is 0 Å². The molecule has 0 saturated heterocycles. The molecule has 14 heavy (non-hydrogen) atoms. The standard InChI is InChI=1S/C10H8O3S/c11-14(12)8-10(6-7-13-14)9-4-2-1-3-5-9/h1-8H. The molecular formula is C10H8O3S. The van der Waals surface area contributed by atoms with E-state index in [2.05, 4.69) is 4.18 Å². The van der Waals surface area contributed by atoms with Crippen LogP contribution in [0.3, 0.4) is 0 Å². The van der Waals surface area contributed by atoms with E-state index in [1.807, 2.05) is 30.3 Å². The molecule has 1 aliphatic heterocycles. The fourth-order valence-corrected chi connectivity index (χ4v) is 1.99. The zero-order chi connectivity index (χ0) is 10.0. The maximum atomic E-state index is 11.1. The number of hydrogen-bond acceptors (Lipinski definition) is 3. The average Bonchev–Trinajstić information content (AvgIpc) is 2.18. The van der Waals surface area contributed by atoms with Crippen molar-refractivity contribution in [2.24, 2.45) is 0 Å². The Morgan fingerprint density at radius 3 is 2.43 bits per heavy atom. The molecule has 0 atom stereocenters. The first-order chi connectivity index (χ1) is 6.67. The largest absolute Gasteiger partial charge is 0.387 e. The Hall–Kier alpha value is -1.55. The minimum Gasteiger partial charge on any atom is -0.387 e. The summed E-state index contributed by atoms with van der Waals surface area (Å²) < 4.78 is 26.6. The second-order valence-electron chi connectivity index (χ2n) is 2.83. The SMILES string of the molecule is O=S1(=O)C=C(c2ccccc2)C=CO1. The lowest BCUT2D eigenvalue weighted by molar-refractivity contribution is 0.452. The Kier molecular flexibility index (Phi) is 2.13. The van der Waals surface area contributed by atoms with Crippen LogP contribution in [-0.4, -0.2) is 8.42 Å². The second kappa shape index (κ2) is 3.31. The van der Waals surface area contributed by atoms with Gasteiger partial charge in [-0.05, 0) is 17.2 Å². The van der Waals surface area contributed by atoms with Gasteiger partial charge in [-0.2, -0.15) is 8.42 Å². The lowest BCUT2D eigenvalue weighted by atomic mass is 10.1. The highest BCUT2D eigenvalue weighted by Gasteiger charge is 2.12. The molecule has 0 unspecified atom stereocenters. The predicted octanol–water partition coefficient (Wildman–Crippen LogP) is 1.90. The molecule has 0 spiro atoms. The smallest absolute Gasteiger partial charge is 0.332 e. The second-order valence-corrected chi connectivity index (χ2v) is 4.24. The van der Waals surface area contributed by atoms with Gasteiger partial charge in [-0.3, -0.25) is 0 Å². The van der Waals surface area contributed by atoms with Gasteiger partial charge in [0.2, 0.25) is 0 Å². The van der Waals surface area contributed by atoms with E-state index in [0.717, 1.165) is 11.0 Å². The predicted molar refractivity (Wildman–Crippen MR) is 53.6 cm³/mol. The molecule has 0 radical (unpaired) electrons. The van der Waals surface area contributed by atoms with E-state index in [4.69, 9.17) is 0 Å². The van der Waals surface area contributed by atoms with E-state index in [0.29, 0.717) is 5.57 Å². The summed E-state index contributed by atoms with van der Waals surface area (Å²) in [5.74, 6) is 0. The number of rotatable bonds is 1. The third-order valence-corrected chi connectivity index (χ3v) is 2.74. The molecule has 1 heterocycles. The summed E-state index contributed by atoms with van der Waals surface area (Å²) >= 11 is 0. The van der Waals surface area contributed by atoms with Gasteiger partial charge in [-0.25, -0.2) is 0 Å². The van der Waals surface area contributed by atoms with Crippen LogP contribution in [-0.2, 0) is 14.3 Å². The quantitative estimate of drug-likeness (QED) is 0.662. The van der Waals surface area contributed by atoms with Crippen molar-refractivity contribution in [3.63, 3.8) is 0 Å². The van der Waals surface area contributed by atoms with Crippen LogP contribution in [0.4, 0.5) is 0 Å². The van der Waals surface area contributed by atoms with Gasteiger partial charge < -0.3 is 4.18 Å². The fourth-order valence-electron chi connectivity index (χ4n) is 1.20. The highest BCUT2D eigenvalue weighted by molar-refractivity contribution is 7.90. The van der Waals surface area contributed by atoms with Gasteiger partial charge >= 0.3 is 10.1 Å². The van der Waals surface area contributed by atoms with Gasteiger partial charge in [0.1, 0.15) is 6.26 Å². The molecule has 4 heteroatoms. The Bertz CT molecular complexity index is 483. The Morgan fingerprint density at radius 1 is 1.07 bits per heavy atom. The highest BCUT2D eigenvalue weighted by atomic mass is 32.2. The van der Waals surface area contributed by atoms with Crippen LogP contribution < -0.4 is 0 Å². The summed E-state index contributed by atoms with van der Waals surface area (Å²) in [7, 11) is -3.53. The van der Waals surface area contributed by atoms with E-state index in [1.165, 1.54) is 6.26 Å². The van der Waals surface area contributed by atoms with Crippen molar-refractivity contribution in [2.45, 2.75) is 0 Å². The number of benzene rings is 1. The third kappa shape index (κ3) is 1.85. The van der Waals surface area contributed by atoms with Crippen molar-refractivity contribution < 1.29 is 12.6 Å². The zero-order valence-electron chi connectivity index (χ0n) is 7.25. The molecule has 2 rings (SSSR count). The first kappa shape index (κ1) is 9.02. The van der Waals surface area contributed by atoms with Crippen LogP contribution in [0.15, 0.2) is 48.1 Å². The van der Waals surface area contributed by atoms with Gasteiger partial charge in [0.15, 0.2) is 0 Å². The van der Waals surface area contributed by atoms with Crippen LogP contribution in [0.2, 0.25) is 0 Å². The summed E-state index contributed by atoms with van der Waals surface area (Å²) in [4.78, 5) is 0. The Balaban J connectivity index is 2.47. The van der Waals surface area contributed by atoms with Crippen LogP contribution >= 0.6 is 0 Å². The highest BCUT2D eigenvalue weighted by Crippen LogP contribution is 2.21. The monoisotopic (exact) mass is 208 g/mol. The van der Waals surface area contributed by atoms with Crippen molar-refractivity contribution in [2.75, 3.05) is 0 Å². The third-order valence-electron chi connectivity index (χ3n) is 1.82. The number of hydrogen-bond donors (Lipinski definition) is 0. The summed E-state index contributed by atoms with van der Waals surface area (Å²) in [6.07, 6.45) is 2.80. The number of allylic oxidation sites excluding steroid dienone is 2. The minimum absolute atomic E-state index is 0.636. The minimum atomic E-state index is -3.53. The summed E-state index contributed by atoms with van der Waals surface area (Å²) in [5, 5.41) is 1.11. The topological polar surface area (TPSA) is 43.4 Å². The maximum Gasteiger partial charge on any atom is 0.332 e. The Labute approximate surface area is 82.5 Å². The molecular weight excluding hydrogens is 200 g/mol. The van der Waals surface area contributed by atoms with E-state index < -0.39 is 10.1 Å². The Morgan fingerprint density at radius 2 is 1.79 bits per heavy atom.